The maximum atomic E-state index is 12.4. The van der Waals surface area contributed by atoms with Gasteiger partial charge in [0.1, 0.15) is 19.0 Å². The molecule has 0 aliphatic rings. The first-order valence-corrected chi connectivity index (χ1v) is 5.17. The van der Waals surface area contributed by atoms with Crippen LogP contribution in [0.25, 0.3) is 6.08 Å². The number of hydrogen-bond acceptors (Lipinski definition) is 3. The Morgan fingerprint density at radius 1 is 1.59 bits per heavy atom. The lowest BCUT2D eigenvalue weighted by molar-refractivity contribution is -0.139. The highest BCUT2D eigenvalue weighted by atomic mass is 19.1. The smallest absolute Gasteiger partial charge is 0.203 e. The summed E-state index contributed by atoms with van der Waals surface area (Å²) < 4.78 is 17.6. The number of carbonyl (C=O) groups excluding carboxylic acids is 1. The number of Topliss-reactive ketones (excluding diaryl/α,β-unsaturated/α-hetero) is 1. The van der Waals surface area contributed by atoms with Crippen molar-refractivity contribution in [2.45, 2.75) is 12.5 Å². The number of ether oxygens (including phenoxy) is 1. The van der Waals surface area contributed by atoms with Crippen LogP contribution in [0.5, 0.6) is 5.75 Å². The van der Waals surface area contributed by atoms with Crippen molar-refractivity contribution in [3.8, 4) is 5.75 Å². The van der Waals surface area contributed by atoms with Gasteiger partial charge < -0.3 is 9.84 Å². The molecular formula is C13H15FO3. The lowest BCUT2D eigenvalue weighted by Crippen LogP contribution is -2.40. The fourth-order valence-electron chi connectivity index (χ4n) is 1.15. The highest BCUT2D eigenvalue weighted by Gasteiger charge is 2.30. The molecule has 17 heavy (non-hydrogen) atoms. The quantitative estimate of drug-likeness (QED) is 0.824. The Labute approximate surface area is 99.5 Å². The second-order valence-electron chi connectivity index (χ2n) is 3.86. The Kier molecular flexibility index (Phi) is 4.40. The standard InChI is InChI=1S/C13H15FO3/c1-3-10-6-4-5-7-11(10)17-8-12(15)13(2,16)9-14/h3-7,16H,1,8-9H2,2H3. The number of carbonyl (C=O) groups is 1. The van der Waals surface area contributed by atoms with Crippen LogP contribution < -0.4 is 4.74 Å². The summed E-state index contributed by atoms with van der Waals surface area (Å²) in [5.41, 5.74) is -1.25. The van der Waals surface area contributed by atoms with E-state index in [2.05, 4.69) is 6.58 Å². The van der Waals surface area contributed by atoms with Crippen LogP contribution in [0.3, 0.4) is 0 Å². The van der Waals surface area contributed by atoms with E-state index in [0.717, 1.165) is 12.5 Å². The molecule has 1 rings (SSSR count). The zero-order valence-corrected chi connectivity index (χ0v) is 9.65. The number of alkyl halides is 1. The van der Waals surface area contributed by atoms with E-state index in [4.69, 9.17) is 4.74 Å². The van der Waals surface area contributed by atoms with E-state index in [0.29, 0.717) is 5.75 Å². The maximum absolute atomic E-state index is 12.4. The molecule has 0 spiro atoms. The SMILES string of the molecule is C=Cc1ccccc1OCC(=O)C(C)(O)CF. The third-order valence-corrected chi connectivity index (χ3v) is 2.36. The average molecular weight is 238 g/mol. The Bertz CT molecular complexity index is 413. The third kappa shape index (κ3) is 3.39. The van der Waals surface area contributed by atoms with Crippen molar-refractivity contribution >= 4 is 11.9 Å². The molecule has 0 radical (unpaired) electrons. The van der Waals surface area contributed by atoms with Gasteiger partial charge >= 0.3 is 0 Å². The highest BCUT2D eigenvalue weighted by Crippen LogP contribution is 2.19. The molecule has 0 aliphatic carbocycles. The Morgan fingerprint density at radius 2 is 2.24 bits per heavy atom. The molecule has 0 saturated carbocycles. The van der Waals surface area contributed by atoms with E-state index in [-0.39, 0.29) is 6.61 Å². The van der Waals surface area contributed by atoms with Gasteiger partial charge in [-0.2, -0.15) is 0 Å². The van der Waals surface area contributed by atoms with Gasteiger partial charge in [0.2, 0.25) is 5.78 Å². The molecule has 0 aromatic heterocycles. The predicted molar refractivity (Wildman–Crippen MR) is 63.6 cm³/mol. The van der Waals surface area contributed by atoms with Crippen molar-refractivity contribution in [1.82, 2.24) is 0 Å². The number of hydrogen-bond donors (Lipinski definition) is 1. The largest absolute Gasteiger partial charge is 0.485 e. The summed E-state index contributed by atoms with van der Waals surface area (Å²) >= 11 is 0. The second kappa shape index (κ2) is 5.59. The normalized spacial score (nSPS) is 13.8. The fourth-order valence-corrected chi connectivity index (χ4v) is 1.15. The molecule has 0 fully saturated rings. The van der Waals surface area contributed by atoms with Gasteiger partial charge in [-0.1, -0.05) is 30.9 Å². The number of ketones is 1. The first-order valence-electron chi connectivity index (χ1n) is 5.17. The van der Waals surface area contributed by atoms with E-state index >= 15 is 0 Å². The minimum atomic E-state index is -1.98. The molecule has 0 saturated heterocycles. The van der Waals surface area contributed by atoms with Gasteiger partial charge in [-0.05, 0) is 13.0 Å². The van der Waals surface area contributed by atoms with Crippen molar-refractivity contribution in [3.63, 3.8) is 0 Å². The van der Waals surface area contributed by atoms with Crippen LogP contribution in [0.2, 0.25) is 0 Å². The number of para-hydroxylation sites is 1. The molecule has 4 heteroatoms. The van der Waals surface area contributed by atoms with Gasteiger partial charge in [0.15, 0.2) is 5.60 Å². The number of rotatable bonds is 6. The zero-order valence-electron chi connectivity index (χ0n) is 9.65. The molecule has 1 atom stereocenters. The molecule has 0 bridgehead atoms. The van der Waals surface area contributed by atoms with Crippen LogP contribution in [0.4, 0.5) is 4.39 Å². The summed E-state index contributed by atoms with van der Waals surface area (Å²) in [5.74, 6) is -0.218. The van der Waals surface area contributed by atoms with E-state index < -0.39 is 18.1 Å². The Hall–Kier alpha value is -1.68. The summed E-state index contributed by atoms with van der Waals surface area (Å²) in [5, 5.41) is 9.37. The summed E-state index contributed by atoms with van der Waals surface area (Å²) in [6.07, 6.45) is 1.59. The van der Waals surface area contributed by atoms with E-state index in [1.54, 1.807) is 24.3 Å². The summed E-state index contributed by atoms with van der Waals surface area (Å²) in [7, 11) is 0. The molecule has 0 heterocycles. The fraction of sp³-hybridized carbons (Fsp3) is 0.308. The van der Waals surface area contributed by atoms with Gasteiger partial charge in [0.25, 0.3) is 0 Å². The summed E-state index contributed by atoms with van der Waals surface area (Å²) in [6, 6.07) is 7.01. The zero-order chi connectivity index (χ0) is 12.9. The topological polar surface area (TPSA) is 46.5 Å². The first-order chi connectivity index (χ1) is 8.01. The molecule has 1 aromatic rings. The minimum absolute atomic E-state index is 0.373. The molecule has 92 valence electrons. The second-order valence-corrected chi connectivity index (χ2v) is 3.86. The third-order valence-electron chi connectivity index (χ3n) is 2.36. The van der Waals surface area contributed by atoms with Crippen LogP contribution in [-0.4, -0.2) is 29.8 Å². The van der Waals surface area contributed by atoms with Gasteiger partial charge in [-0.25, -0.2) is 4.39 Å². The van der Waals surface area contributed by atoms with Crippen molar-refractivity contribution < 1.29 is 19.0 Å². The number of halogens is 1. The van der Waals surface area contributed by atoms with Crippen LogP contribution in [0, 0.1) is 0 Å². The van der Waals surface area contributed by atoms with Crippen molar-refractivity contribution in [2.24, 2.45) is 0 Å². The lowest BCUT2D eigenvalue weighted by atomic mass is 10.0. The minimum Gasteiger partial charge on any atom is -0.485 e. The molecular weight excluding hydrogens is 223 g/mol. The predicted octanol–water partition coefficient (Wildman–Crippen LogP) is 2.00. The molecule has 1 unspecified atom stereocenters. The Morgan fingerprint density at radius 3 is 2.82 bits per heavy atom. The van der Waals surface area contributed by atoms with Crippen molar-refractivity contribution in [1.29, 1.82) is 0 Å². The van der Waals surface area contributed by atoms with E-state index in [9.17, 15) is 14.3 Å². The van der Waals surface area contributed by atoms with Gasteiger partial charge in [-0.3, -0.25) is 4.79 Å². The van der Waals surface area contributed by atoms with Gasteiger partial charge in [0, 0.05) is 5.56 Å². The number of benzene rings is 1. The maximum Gasteiger partial charge on any atom is 0.203 e. The van der Waals surface area contributed by atoms with Gasteiger partial charge in [0.05, 0.1) is 0 Å². The lowest BCUT2D eigenvalue weighted by Gasteiger charge is -2.18. The monoisotopic (exact) mass is 238 g/mol. The number of aliphatic hydroxyl groups is 1. The average Bonchev–Trinajstić information content (AvgIpc) is 2.36. The molecule has 3 nitrogen and oxygen atoms in total. The molecule has 0 aliphatic heterocycles. The van der Waals surface area contributed by atoms with E-state index in [1.807, 2.05) is 6.07 Å². The van der Waals surface area contributed by atoms with Crippen LogP contribution in [0.1, 0.15) is 12.5 Å². The highest BCUT2D eigenvalue weighted by molar-refractivity contribution is 5.88. The summed E-state index contributed by atoms with van der Waals surface area (Å²) in [6.45, 7) is 3.23. The molecule has 0 amide bonds. The molecule has 1 N–H and O–H groups in total. The van der Waals surface area contributed by atoms with Crippen LogP contribution >= 0.6 is 0 Å². The van der Waals surface area contributed by atoms with Crippen LogP contribution in [-0.2, 0) is 4.79 Å². The van der Waals surface area contributed by atoms with E-state index in [1.165, 1.54) is 0 Å². The van der Waals surface area contributed by atoms with Crippen LogP contribution in [0.15, 0.2) is 30.8 Å². The summed E-state index contributed by atoms with van der Waals surface area (Å²) in [4.78, 5) is 11.4. The first kappa shape index (κ1) is 13.4. The van der Waals surface area contributed by atoms with Crippen molar-refractivity contribution in [2.75, 3.05) is 13.3 Å². The van der Waals surface area contributed by atoms with Crippen molar-refractivity contribution in [3.05, 3.63) is 36.4 Å². The van der Waals surface area contributed by atoms with Gasteiger partial charge in [-0.15, -0.1) is 0 Å². The molecule has 1 aromatic carbocycles. The Balaban J connectivity index is 2.68.